The van der Waals surface area contributed by atoms with Crippen molar-refractivity contribution in [3.63, 3.8) is 0 Å². The maximum Gasteiger partial charge on any atom is 0.255 e. The second-order valence-corrected chi connectivity index (χ2v) is 6.69. The van der Waals surface area contributed by atoms with Crippen molar-refractivity contribution in [1.29, 1.82) is 0 Å². The van der Waals surface area contributed by atoms with E-state index in [1.165, 1.54) is 36.2 Å². The van der Waals surface area contributed by atoms with Crippen LogP contribution >= 0.6 is 0 Å². The average molecular weight is 403 g/mol. The molecule has 0 unspecified atom stereocenters. The molecule has 1 atom stereocenters. The minimum atomic E-state index is -0.795. The lowest BCUT2D eigenvalue weighted by molar-refractivity contribution is -0.135. The third kappa shape index (κ3) is 4.05. The normalized spacial score (nSPS) is 15.3. The first kappa shape index (κ1) is 19.3. The molecule has 1 heterocycles. The Morgan fingerprint density at radius 3 is 2.43 bits per heavy atom. The number of hydrogen-bond donors (Lipinski definition) is 1. The van der Waals surface area contributed by atoms with Crippen molar-refractivity contribution in [1.82, 2.24) is 5.01 Å². The van der Waals surface area contributed by atoms with Gasteiger partial charge in [-0.25, -0.2) is 4.39 Å². The van der Waals surface area contributed by atoms with Gasteiger partial charge in [-0.1, -0.05) is 30.3 Å². The SMILES string of the molecule is CC(=O)N1N=C(c2ccc(F)cc2)O[C@@H]1c1cccc(NC(=O)c2ccccc2)c1. The monoisotopic (exact) mass is 403 g/mol. The van der Waals surface area contributed by atoms with Gasteiger partial charge in [-0.15, -0.1) is 5.10 Å². The first-order valence-electron chi connectivity index (χ1n) is 9.28. The van der Waals surface area contributed by atoms with E-state index in [0.29, 0.717) is 22.4 Å². The van der Waals surface area contributed by atoms with Crippen LogP contribution in [0, 0.1) is 5.82 Å². The fourth-order valence-electron chi connectivity index (χ4n) is 3.06. The Morgan fingerprint density at radius 2 is 1.73 bits per heavy atom. The van der Waals surface area contributed by atoms with Crippen LogP contribution in [0.1, 0.15) is 34.6 Å². The number of carbonyl (C=O) groups excluding carboxylic acids is 2. The second kappa shape index (κ2) is 8.16. The van der Waals surface area contributed by atoms with E-state index in [4.69, 9.17) is 4.74 Å². The fraction of sp³-hybridized carbons (Fsp3) is 0.0870. The topological polar surface area (TPSA) is 71.0 Å². The van der Waals surface area contributed by atoms with Crippen molar-refractivity contribution < 1.29 is 18.7 Å². The first-order valence-corrected chi connectivity index (χ1v) is 9.28. The van der Waals surface area contributed by atoms with Gasteiger partial charge in [-0.2, -0.15) is 5.01 Å². The van der Waals surface area contributed by atoms with E-state index >= 15 is 0 Å². The molecule has 0 aromatic heterocycles. The van der Waals surface area contributed by atoms with Gasteiger partial charge in [0.15, 0.2) is 0 Å². The predicted octanol–water partition coefficient (Wildman–Crippen LogP) is 4.32. The molecule has 2 amide bonds. The van der Waals surface area contributed by atoms with Crippen LogP contribution in [0.15, 0.2) is 84.0 Å². The summed E-state index contributed by atoms with van der Waals surface area (Å²) in [6, 6.07) is 21.5. The maximum absolute atomic E-state index is 13.2. The van der Waals surface area contributed by atoms with Gasteiger partial charge in [-0.3, -0.25) is 9.59 Å². The summed E-state index contributed by atoms with van der Waals surface area (Å²) in [6.45, 7) is 1.38. The zero-order chi connectivity index (χ0) is 21.1. The summed E-state index contributed by atoms with van der Waals surface area (Å²) in [5.41, 5.74) is 2.28. The average Bonchev–Trinajstić information content (AvgIpc) is 3.21. The number of nitrogens with zero attached hydrogens (tertiary/aromatic N) is 2. The summed E-state index contributed by atoms with van der Waals surface area (Å²) in [5, 5.41) is 8.31. The lowest BCUT2D eigenvalue weighted by Crippen LogP contribution is -2.25. The lowest BCUT2D eigenvalue weighted by atomic mass is 10.1. The highest BCUT2D eigenvalue weighted by Gasteiger charge is 2.33. The second-order valence-electron chi connectivity index (χ2n) is 6.69. The van der Waals surface area contributed by atoms with E-state index in [0.717, 1.165) is 0 Å². The van der Waals surface area contributed by atoms with Crippen LogP contribution in [0.3, 0.4) is 0 Å². The number of hydrogen-bond acceptors (Lipinski definition) is 4. The number of anilines is 1. The number of benzene rings is 3. The van der Waals surface area contributed by atoms with Crippen LogP contribution in [0.25, 0.3) is 0 Å². The number of halogens is 1. The third-order valence-electron chi connectivity index (χ3n) is 4.52. The molecule has 3 aromatic rings. The molecule has 0 bridgehead atoms. The predicted molar refractivity (Wildman–Crippen MR) is 110 cm³/mol. The highest BCUT2D eigenvalue weighted by molar-refractivity contribution is 6.04. The fourth-order valence-corrected chi connectivity index (χ4v) is 3.06. The number of carbonyl (C=O) groups is 2. The molecule has 0 radical (unpaired) electrons. The molecule has 0 aliphatic carbocycles. The van der Waals surface area contributed by atoms with Crippen LogP contribution in [0.2, 0.25) is 0 Å². The number of ether oxygens (including phenoxy) is 1. The largest absolute Gasteiger partial charge is 0.446 e. The molecular weight excluding hydrogens is 385 g/mol. The maximum atomic E-state index is 13.2. The van der Waals surface area contributed by atoms with Crippen LogP contribution in [0.4, 0.5) is 10.1 Å². The summed E-state index contributed by atoms with van der Waals surface area (Å²) in [4.78, 5) is 24.5. The first-order chi connectivity index (χ1) is 14.5. The smallest absolute Gasteiger partial charge is 0.255 e. The van der Waals surface area contributed by atoms with Crippen molar-refractivity contribution in [3.05, 3.63) is 101 Å². The molecule has 0 saturated heterocycles. The molecule has 0 fully saturated rings. The highest BCUT2D eigenvalue weighted by atomic mass is 19.1. The minimum Gasteiger partial charge on any atom is -0.446 e. The molecule has 3 aromatic carbocycles. The van der Waals surface area contributed by atoms with E-state index in [2.05, 4.69) is 10.4 Å². The van der Waals surface area contributed by atoms with Crippen molar-refractivity contribution >= 4 is 23.4 Å². The third-order valence-corrected chi connectivity index (χ3v) is 4.52. The highest BCUT2D eigenvalue weighted by Crippen LogP contribution is 2.31. The van der Waals surface area contributed by atoms with Gasteiger partial charge in [0.1, 0.15) is 5.82 Å². The van der Waals surface area contributed by atoms with Gasteiger partial charge in [-0.05, 0) is 48.5 Å². The van der Waals surface area contributed by atoms with Gasteiger partial charge < -0.3 is 10.1 Å². The molecule has 7 heteroatoms. The zero-order valence-corrected chi connectivity index (χ0v) is 16.1. The molecule has 4 rings (SSSR count). The number of hydrazone groups is 1. The Bertz CT molecular complexity index is 1110. The van der Waals surface area contributed by atoms with E-state index in [-0.39, 0.29) is 23.5 Å². The summed E-state index contributed by atoms with van der Waals surface area (Å²) in [6.07, 6.45) is -0.795. The summed E-state index contributed by atoms with van der Waals surface area (Å²) in [5.74, 6) is -0.712. The molecule has 30 heavy (non-hydrogen) atoms. The Morgan fingerprint density at radius 1 is 1.00 bits per heavy atom. The minimum absolute atomic E-state index is 0.217. The van der Waals surface area contributed by atoms with Crippen LogP contribution < -0.4 is 5.32 Å². The number of rotatable bonds is 4. The van der Waals surface area contributed by atoms with E-state index in [1.54, 1.807) is 48.5 Å². The molecule has 150 valence electrons. The zero-order valence-electron chi connectivity index (χ0n) is 16.1. The molecule has 0 saturated carbocycles. The summed E-state index contributed by atoms with van der Waals surface area (Å²) in [7, 11) is 0. The Kier molecular flexibility index (Phi) is 5.26. The van der Waals surface area contributed by atoms with E-state index < -0.39 is 6.23 Å². The number of amides is 2. The van der Waals surface area contributed by atoms with E-state index in [1.807, 2.05) is 6.07 Å². The summed E-state index contributed by atoms with van der Waals surface area (Å²) >= 11 is 0. The van der Waals surface area contributed by atoms with Gasteiger partial charge >= 0.3 is 0 Å². The van der Waals surface area contributed by atoms with Gasteiger partial charge in [0.25, 0.3) is 5.91 Å². The quantitative estimate of drug-likeness (QED) is 0.705. The van der Waals surface area contributed by atoms with Gasteiger partial charge in [0.2, 0.25) is 18.0 Å². The van der Waals surface area contributed by atoms with Crippen molar-refractivity contribution in [2.24, 2.45) is 5.10 Å². The van der Waals surface area contributed by atoms with Gasteiger partial charge in [0, 0.05) is 29.3 Å². The molecule has 1 N–H and O–H groups in total. The Labute approximate surface area is 172 Å². The Hall–Kier alpha value is -4.00. The van der Waals surface area contributed by atoms with Crippen LogP contribution in [0.5, 0.6) is 0 Å². The lowest BCUT2D eigenvalue weighted by Gasteiger charge is -2.20. The number of nitrogens with one attached hydrogen (secondary N) is 1. The molecule has 1 aliphatic rings. The van der Waals surface area contributed by atoms with Gasteiger partial charge in [0.05, 0.1) is 0 Å². The van der Waals surface area contributed by atoms with E-state index in [9.17, 15) is 14.0 Å². The van der Waals surface area contributed by atoms with Crippen molar-refractivity contribution in [2.45, 2.75) is 13.2 Å². The molecule has 1 aliphatic heterocycles. The molecular formula is C23H18FN3O3. The summed E-state index contributed by atoms with van der Waals surface area (Å²) < 4.78 is 19.1. The molecule has 0 spiro atoms. The van der Waals surface area contributed by atoms with Crippen LogP contribution in [-0.4, -0.2) is 22.7 Å². The molecule has 6 nitrogen and oxygen atoms in total. The Balaban J connectivity index is 1.57. The standard InChI is InChI=1S/C23H18FN3O3/c1-15(28)27-23(30-22(26-27)17-10-12-19(24)13-11-17)18-8-5-9-20(14-18)25-21(29)16-6-3-2-4-7-16/h2-14,23H,1H3,(H,25,29)/t23-/m1/s1. The van der Waals surface area contributed by atoms with Crippen molar-refractivity contribution in [2.75, 3.05) is 5.32 Å². The van der Waals surface area contributed by atoms with Crippen LogP contribution in [-0.2, 0) is 9.53 Å². The van der Waals surface area contributed by atoms with Crippen molar-refractivity contribution in [3.8, 4) is 0 Å².